The SMILES string of the molecule is COC(=O)N[C@H](C(=O)N1CCC[C@@H]1c1[nH]c(-c2ccc(Br)cc2)c2c1CCCC2)[C@@H](C)OC. The van der Waals surface area contributed by atoms with Crippen LogP contribution in [0, 0.1) is 0 Å². The van der Waals surface area contributed by atoms with Crippen LogP contribution in [0.1, 0.15) is 55.5 Å². The van der Waals surface area contributed by atoms with E-state index in [1.165, 1.54) is 37.5 Å². The number of aromatic nitrogens is 1. The summed E-state index contributed by atoms with van der Waals surface area (Å²) < 4.78 is 11.2. The van der Waals surface area contributed by atoms with Crippen molar-refractivity contribution in [3.63, 3.8) is 0 Å². The molecular weight excluding hydrogens is 486 g/mol. The summed E-state index contributed by atoms with van der Waals surface area (Å²) in [5.74, 6) is -0.137. The highest BCUT2D eigenvalue weighted by atomic mass is 79.9. The highest BCUT2D eigenvalue weighted by Gasteiger charge is 2.39. The first-order chi connectivity index (χ1) is 15.9. The van der Waals surface area contributed by atoms with Crippen molar-refractivity contribution in [3.8, 4) is 11.3 Å². The fourth-order valence-electron chi connectivity index (χ4n) is 5.12. The van der Waals surface area contributed by atoms with Crippen LogP contribution in [0.5, 0.6) is 0 Å². The molecule has 4 rings (SSSR count). The number of alkyl carbamates (subject to hydrolysis) is 1. The van der Waals surface area contributed by atoms with Crippen LogP contribution in [-0.2, 0) is 27.1 Å². The lowest BCUT2D eigenvalue weighted by Crippen LogP contribution is -2.54. The minimum Gasteiger partial charge on any atom is -0.453 e. The zero-order valence-electron chi connectivity index (χ0n) is 19.4. The number of fused-ring (bicyclic) bond motifs is 1. The molecule has 178 valence electrons. The van der Waals surface area contributed by atoms with Crippen LogP contribution in [0.3, 0.4) is 0 Å². The van der Waals surface area contributed by atoms with E-state index in [0.29, 0.717) is 6.54 Å². The van der Waals surface area contributed by atoms with Gasteiger partial charge in [-0.3, -0.25) is 4.79 Å². The molecule has 0 bridgehead atoms. The second kappa shape index (κ2) is 10.3. The van der Waals surface area contributed by atoms with Gasteiger partial charge in [-0.2, -0.15) is 0 Å². The molecule has 1 saturated heterocycles. The molecule has 2 aromatic rings. The van der Waals surface area contributed by atoms with Crippen molar-refractivity contribution in [1.29, 1.82) is 0 Å². The second-order valence-corrected chi connectivity index (χ2v) is 9.74. The van der Waals surface area contributed by atoms with Crippen LogP contribution in [0.25, 0.3) is 11.3 Å². The number of methoxy groups -OCH3 is 2. The largest absolute Gasteiger partial charge is 0.453 e. The van der Waals surface area contributed by atoms with Crippen LogP contribution >= 0.6 is 15.9 Å². The Morgan fingerprint density at radius 2 is 1.82 bits per heavy atom. The first-order valence-electron chi connectivity index (χ1n) is 11.6. The van der Waals surface area contributed by atoms with E-state index in [-0.39, 0.29) is 11.9 Å². The molecule has 1 aromatic heterocycles. The lowest BCUT2D eigenvalue weighted by molar-refractivity contribution is -0.137. The molecule has 2 amide bonds. The maximum absolute atomic E-state index is 13.6. The predicted octanol–water partition coefficient (Wildman–Crippen LogP) is 4.75. The second-order valence-electron chi connectivity index (χ2n) is 8.83. The number of carbonyl (C=O) groups is 2. The summed E-state index contributed by atoms with van der Waals surface area (Å²) in [6.45, 7) is 2.44. The number of H-pyrrole nitrogens is 1. The zero-order valence-corrected chi connectivity index (χ0v) is 21.0. The molecule has 1 aliphatic carbocycles. The number of benzene rings is 1. The van der Waals surface area contributed by atoms with Crippen LogP contribution in [0.4, 0.5) is 4.79 Å². The van der Waals surface area contributed by atoms with E-state index in [4.69, 9.17) is 9.47 Å². The Morgan fingerprint density at radius 3 is 2.48 bits per heavy atom. The van der Waals surface area contributed by atoms with Gasteiger partial charge in [-0.15, -0.1) is 0 Å². The van der Waals surface area contributed by atoms with Crippen molar-refractivity contribution in [2.75, 3.05) is 20.8 Å². The Kier molecular flexibility index (Phi) is 7.44. The molecule has 0 saturated carbocycles. The highest BCUT2D eigenvalue weighted by molar-refractivity contribution is 9.10. The summed E-state index contributed by atoms with van der Waals surface area (Å²) in [6.07, 6.45) is 5.11. The fourth-order valence-corrected chi connectivity index (χ4v) is 5.39. The maximum Gasteiger partial charge on any atom is 0.407 e. The average Bonchev–Trinajstić information content (AvgIpc) is 3.47. The van der Waals surface area contributed by atoms with Crippen LogP contribution in [0.15, 0.2) is 28.7 Å². The smallest absolute Gasteiger partial charge is 0.407 e. The van der Waals surface area contributed by atoms with E-state index in [1.807, 2.05) is 4.90 Å². The Hall–Kier alpha value is -2.32. The van der Waals surface area contributed by atoms with Crippen molar-refractivity contribution in [2.24, 2.45) is 0 Å². The summed E-state index contributed by atoms with van der Waals surface area (Å²) in [5.41, 5.74) is 6.22. The van der Waals surface area contributed by atoms with Gasteiger partial charge in [-0.05, 0) is 74.3 Å². The Bertz CT molecular complexity index is 1000. The van der Waals surface area contributed by atoms with Crippen LogP contribution in [-0.4, -0.2) is 54.8 Å². The average molecular weight is 518 g/mol. The predicted molar refractivity (Wildman–Crippen MR) is 130 cm³/mol. The molecule has 3 atom stereocenters. The summed E-state index contributed by atoms with van der Waals surface area (Å²) in [4.78, 5) is 31.2. The van der Waals surface area contributed by atoms with Gasteiger partial charge < -0.3 is 24.7 Å². The number of halogens is 1. The number of hydrogen-bond donors (Lipinski definition) is 2. The lowest BCUT2D eigenvalue weighted by atomic mass is 9.89. The van der Waals surface area contributed by atoms with Crippen molar-refractivity contribution < 1.29 is 19.1 Å². The van der Waals surface area contributed by atoms with Gasteiger partial charge in [0, 0.05) is 29.5 Å². The number of rotatable bonds is 6. The van der Waals surface area contributed by atoms with Gasteiger partial charge in [0.1, 0.15) is 6.04 Å². The van der Waals surface area contributed by atoms with E-state index >= 15 is 0 Å². The summed E-state index contributed by atoms with van der Waals surface area (Å²) >= 11 is 3.53. The molecule has 0 unspecified atom stereocenters. The number of carbonyl (C=O) groups excluding carboxylic acids is 2. The number of amides is 2. The van der Waals surface area contributed by atoms with E-state index < -0.39 is 18.2 Å². The number of ether oxygens (including phenoxy) is 2. The molecule has 2 N–H and O–H groups in total. The number of nitrogens with one attached hydrogen (secondary N) is 2. The van der Waals surface area contributed by atoms with Gasteiger partial charge in [-0.1, -0.05) is 28.1 Å². The number of nitrogens with zero attached hydrogens (tertiary/aromatic N) is 1. The van der Waals surface area contributed by atoms with Crippen molar-refractivity contribution in [1.82, 2.24) is 15.2 Å². The molecule has 8 heteroatoms. The standard InChI is InChI=1S/C25H32BrN3O4/c1-15(32-2)21(28-25(31)33-3)24(30)29-14-6-9-20(29)23-19-8-5-4-7-18(19)22(27-23)16-10-12-17(26)13-11-16/h10-13,15,20-21,27H,4-9,14H2,1-3H3,(H,28,31)/t15-,20-,21+/m1/s1. The van der Waals surface area contributed by atoms with E-state index in [9.17, 15) is 9.59 Å². The molecular formula is C25H32BrN3O4. The van der Waals surface area contributed by atoms with Gasteiger partial charge >= 0.3 is 6.09 Å². The van der Waals surface area contributed by atoms with Crippen molar-refractivity contribution >= 4 is 27.9 Å². The van der Waals surface area contributed by atoms with Crippen molar-refractivity contribution in [2.45, 2.75) is 63.6 Å². The topological polar surface area (TPSA) is 83.7 Å². The van der Waals surface area contributed by atoms with Crippen LogP contribution < -0.4 is 5.32 Å². The minimum absolute atomic E-state index is 0.0421. The zero-order chi connectivity index (χ0) is 23.5. The quantitative estimate of drug-likeness (QED) is 0.579. The highest BCUT2D eigenvalue weighted by Crippen LogP contribution is 2.41. The third-order valence-corrected chi connectivity index (χ3v) is 7.45. The minimum atomic E-state index is -0.806. The Labute approximate surface area is 203 Å². The molecule has 1 aliphatic heterocycles. The summed E-state index contributed by atoms with van der Waals surface area (Å²) in [7, 11) is 2.83. The van der Waals surface area contributed by atoms with Gasteiger partial charge in [0.25, 0.3) is 0 Å². The number of aromatic amines is 1. The van der Waals surface area contributed by atoms with E-state index in [1.54, 1.807) is 6.92 Å². The van der Waals surface area contributed by atoms with Gasteiger partial charge in [0.2, 0.25) is 5.91 Å². The van der Waals surface area contributed by atoms with E-state index in [2.05, 4.69) is 50.5 Å². The summed E-state index contributed by atoms with van der Waals surface area (Å²) in [6, 6.07) is 7.53. The number of likely N-dealkylation sites (tertiary alicyclic amines) is 1. The first-order valence-corrected chi connectivity index (χ1v) is 12.4. The van der Waals surface area contributed by atoms with Crippen LogP contribution in [0.2, 0.25) is 0 Å². The third-order valence-electron chi connectivity index (χ3n) is 6.92. The molecule has 0 radical (unpaired) electrons. The molecule has 2 aliphatic rings. The summed E-state index contributed by atoms with van der Waals surface area (Å²) in [5, 5.41) is 2.67. The van der Waals surface area contributed by atoms with Gasteiger partial charge in [-0.25, -0.2) is 4.79 Å². The molecule has 7 nitrogen and oxygen atoms in total. The maximum atomic E-state index is 13.6. The van der Waals surface area contributed by atoms with Gasteiger partial charge in [0.15, 0.2) is 0 Å². The fraction of sp³-hybridized carbons (Fsp3) is 0.520. The Morgan fingerprint density at radius 1 is 1.12 bits per heavy atom. The molecule has 33 heavy (non-hydrogen) atoms. The molecule has 2 heterocycles. The third kappa shape index (κ3) is 4.82. The first kappa shape index (κ1) is 23.8. The Balaban J connectivity index is 1.68. The molecule has 1 fully saturated rings. The molecule has 1 aromatic carbocycles. The van der Waals surface area contributed by atoms with Gasteiger partial charge in [0.05, 0.1) is 19.3 Å². The lowest BCUT2D eigenvalue weighted by Gasteiger charge is -2.31. The number of hydrogen-bond acceptors (Lipinski definition) is 4. The molecule has 0 spiro atoms. The van der Waals surface area contributed by atoms with E-state index in [0.717, 1.165) is 47.8 Å². The monoisotopic (exact) mass is 517 g/mol. The normalized spacial score (nSPS) is 19.6. The van der Waals surface area contributed by atoms with Crippen molar-refractivity contribution in [3.05, 3.63) is 45.6 Å².